The van der Waals surface area contributed by atoms with Crippen LogP contribution in [0.1, 0.15) is 20.8 Å². The summed E-state index contributed by atoms with van der Waals surface area (Å²) in [6.45, 7) is 4.99. The maximum absolute atomic E-state index is 11.6. The lowest BCUT2D eigenvalue weighted by Crippen LogP contribution is -2.52. The van der Waals surface area contributed by atoms with Crippen LogP contribution >= 0.6 is 0 Å². The Kier molecular flexibility index (Phi) is 5.98. The van der Waals surface area contributed by atoms with Crippen molar-refractivity contribution in [1.29, 1.82) is 0 Å². The summed E-state index contributed by atoms with van der Waals surface area (Å²) >= 11 is 0. The lowest BCUT2D eigenvalue weighted by atomic mass is 10.1. The Balaban J connectivity index is 4.43. The van der Waals surface area contributed by atoms with Gasteiger partial charge in [0.05, 0.1) is 18.8 Å². The first-order chi connectivity index (χ1) is 7.37. The summed E-state index contributed by atoms with van der Waals surface area (Å²) in [5.41, 5.74) is -0.828. The summed E-state index contributed by atoms with van der Waals surface area (Å²) < 4.78 is 0. The Morgan fingerprint density at radius 1 is 1.31 bits per heavy atom. The zero-order valence-electron chi connectivity index (χ0n) is 9.99. The highest BCUT2D eigenvalue weighted by Gasteiger charge is 2.26. The number of amides is 2. The van der Waals surface area contributed by atoms with Gasteiger partial charge in [0, 0.05) is 13.1 Å². The topological polar surface area (TPSA) is 89.9 Å². The summed E-state index contributed by atoms with van der Waals surface area (Å²) in [6.07, 6.45) is 0. The SMILES string of the molecule is CCN(CCO)C(=O)C(=O)NC(C)(C)CO. The molecule has 0 atom stereocenters. The number of aliphatic hydroxyl groups is 2. The molecule has 0 aromatic rings. The van der Waals surface area contributed by atoms with Crippen LogP contribution in [0.3, 0.4) is 0 Å². The van der Waals surface area contributed by atoms with E-state index < -0.39 is 17.4 Å². The molecule has 0 bridgehead atoms. The van der Waals surface area contributed by atoms with E-state index in [0.29, 0.717) is 6.54 Å². The van der Waals surface area contributed by atoms with E-state index in [-0.39, 0.29) is 19.8 Å². The van der Waals surface area contributed by atoms with Crippen LogP contribution in [0.15, 0.2) is 0 Å². The fraction of sp³-hybridized carbons (Fsp3) is 0.800. The van der Waals surface area contributed by atoms with E-state index in [0.717, 1.165) is 0 Å². The number of aliphatic hydroxyl groups excluding tert-OH is 2. The summed E-state index contributed by atoms with van der Waals surface area (Å²) in [6, 6.07) is 0. The van der Waals surface area contributed by atoms with Gasteiger partial charge in [-0.3, -0.25) is 9.59 Å². The molecule has 16 heavy (non-hydrogen) atoms. The molecular weight excluding hydrogens is 212 g/mol. The average Bonchev–Trinajstić information content (AvgIpc) is 2.24. The van der Waals surface area contributed by atoms with Crippen molar-refractivity contribution in [3.8, 4) is 0 Å². The standard InChI is InChI=1S/C10H20N2O4/c1-4-12(5-6-13)9(16)8(15)11-10(2,3)7-14/h13-14H,4-7H2,1-3H3,(H,11,15). The van der Waals surface area contributed by atoms with Gasteiger partial charge in [-0.25, -0.2) is 0 Å². The molecule has 6 nitrogen and oxygen atoms in total. The van der Waals surface area contributed by atoms with E-state index in [2.05, 4.69) is 5.32 Å². The van der Waals surface area contributed by atoms with Crippen LogP contribution < -0.4 is 5.32 Å². The minimum atomic E-state index is -0.828. The monoisotopic (exact) mass is 232 g/mol. The van der Waals surface area contributed by atoms with Crippen molar-refractivity contribution in [2.45, 2.75) is 26.3 Å². The molecule has 0 aromatic heterocycles. The predicted octanol–water partition coefficient (Wildman–Crippen LogP) is -1.29. The number of hydrogen-bond donors (Lipinski definition) is 3. The van der Waals surface area contributed by atoms with Crippen LogP contribution in [-0.4, -0.2) is 58.8 Å². The van der Waals surface area contributed by atoms with Gasteiger partial charge >= 0.3 is 11.8 Å². The molecule has 0 unspecified atom stereocenters. The van der Waals surface area contributed by atoms with E-state index in [4.69, 9.17) is 10.2 Å². The third-order valence-electron chi connectivity index (χ3n) is 2.08. The molecule has 0 aliphatic rings. The number of nitrogens with zero attached hydrogens (tertiary/aromatic N) is 1. The fourth-order valence-corrected chi connectivity index (χ4v) is 1.07. The molecule has 0 aromatic carbocycles. The highest BCUT2D eigenvalue weighted by molar-refractivity contribution is 6.35. The minimum Gasteiger partial charge on any atom is -0.395 e. The van der Waals surface area contributed by atoms with Crippen LogP contribution in [0.2, 0.25) is 0 Å². The van der Waals surface area contributed by atoms with E-state index in [1.54, 1.807) is 20.8 Å². The quantitative estimate of drug-likeness (QED) is 0.515. The molecule has 0 aliphatic heterocycles. The fourth-order valence-electron chi connectivity index (χ4n) is 1.07. The van der Waals surface area contributed by atoms with Crippen molar-refractivity contribution in [3.63, 3.8) is 0 Å². The van der Waals surface area contributed by atoms with Crippen molar-refractivity contribution in [2.24, 2.45) is 0 Å². The van der Waals surface area contributed by atoms with Gasteiger partial charge in [0.15, 0.2) is 0 Å². The molecule has 0 saturated carbocycles. The molecule has 0 spiro atoms. The molecule has 0 rings (SSSR count). The highest BCUT2D eigenvalue weighted by atomic mass is 16.3. The largest absolute Gasteiger partial charge is 0.395 e. The van der Waals surface area contributed by atoms with Gasteiger partial charge in [0.25, 0.3) is 0 Å². The van der Waals surface area contributed by atoms with E-state index >= 15 is 0 Å². The first-order valence-electron chi connectivity index (χ1n) is 5.21. The molecule has 0 heterocycles. The Morgan fingerprint density at radius 2 is 1.88 bits per heavy atom. The van der Waals surface area contributed by atoms with Crippen molar-refractivity contribution in [1.82, 2.24) is 10.2 Å². The average molecular weight is 232 g/mol. The van der Waals surface area contributed by atoms with E-state index in [1.165, 1.54) is 4.90 Å². The lowest BCUT2D eigenvalue weighted by Gasteiger charge is -2.25. The second kappa shape index (κ2) is 6.44. The summed E-state index contributed by atoms with van der Waals surface area (Å²) in [5.74, 6) is -1.47. The van der Waals surface area contributed by atoms with Crippen molar-refractivity contribution in [2.75, 3.05) is 26.3 Å². The number of nitrogens with one attached hydrogen (secondary N) is 1. The second-order valence-corrected chi connectivity index (χ2v) is 4.10. The van der Waals surface area contributed by atoms with Crippen LogP contribution in [-0.2, 0) is 9.59 Å². The molecule has 0 radical (unpaired) electrons. The maximum Gasteiger partial charge on any atom is 0.311 e. The van der Waals surface area contributed by atoms with Gasteiger partial charge in [-0.15, -0.1) is 0 Å². The van der Waals surface area contributed by atoms with Crippen molar-refractivity contribution >= 4 is 11.8 Å². The highest BCUT2D eigenvalue weighted by Crippen LogP contribution is 2.00. The molecule has 0 fully saturated rings. The Labute approximate surface area is 95.2 Å². The zero-order valence-corrected chi connectivity index (χ0v) is 9.99. The lowest BCUT2D eigenvalue weighted by molar-refractivity contribution is -0.147. The van der Waals surface area contributed by atoms with Crippen LogP contribution in [0.25, 0.3) is 0 Å². The summed E-state index contributed by atoms with van der Waals surface area (Å²) in [5, 5.41) is 20.1. The number of carbonyl (C=O) groups excluding carboxylic acids is 2. The minimum absolute atomic E-state index is 0.127. The first-order valence-corrected chi connectivity index (χ1v) is 5.21. The first kappa shape index (κ1) is 14.9. The molecular formula is C10H20N2O4. The van der Waals surface area contributed by atoms with Crippen LogP contribution in [0, 0.1) is 0 Å². The number of likely N-dealkylation sites (N-methyl/N-ethyl adjacent to an activating group) is 1. The van der Waals surface area contributed by atoms with Gasteiger partial charge in [0.2, 0.25) is 0 Å². The van der Waals surface area contributed by atoms with Gasteiger partial charge in [-0.05, 0) is 20.8 Å². The third kappa shape index (κ3) is 4.59. The number of hydrogen-bond acceptors (Lipinski definition) is 4. The predicted molar refractivity (Wildman–Crippen MR) is 58.6 cm³/mol. The number of rotatable bonds is 5. The molecule has 0 aliphatic carbocycles. The third-order valence-corrected chi connectivity index (χ3v) is 2.08. The van der Waals surface area contributed by atoms with Crippen molar-refractivity contribution in [3.05, 3.63) is 0 Å². The van der Waals surface area contributed by atoms with Crippen LogP contribution in [0.4, 0.5) is 0 Å². The molecule has 0 saturated heterocycles. The Bertz CT molecular complexity index is 253. The van der Waals surface area contributed by atoms with Crippen LogP contribution in [0.5, 0.6) is 0 Å². The maximum atomic E-state index is 11.6. The van der Waals surface area contributed by atoms with Gasteiger partial charge in [0.1, 0.15) is 0 Å². The van der Waals surface area contributed by atoms with E-state index in [9.17, 15) is 9.59 Å². The van der Waals surface area contributed by atoms with Gasteiger partial charge in [-0.2, -0.15) is 0 Å². The second-order valence-electron chi connectivity index (χ2n) is 4.10. The normalized spacial score (nSPS) is 11.1. The Morgan fingerprint density at radius 3 is 2.25 bits per heavy atom. The zero-order chi connectivity index (χ0) is 12.8. The molecule has 3 N–H and O–H groups in total. The van der Waals surface area contributed by atoms with E-state index in [1.807, 2.05) is 0 Å². The van der Waals surface area contributed by atoms with Gasteiger partial charge < -0.3 is 20.4 Å². The summed E-state index contributed by atoms with van der Waals surface area (Å²) in [4.78, 5) is 24.3. The number of carbonyl (C=O) groups is 2. The molecule has 94 valence electrons. The summed E-state index contributed by atoms with van der Waals surface area (Å²) in [7, 11) is 0. The Hall–Kier alpha value is -1.14. The van der Waals surface area contributed by atoms with Crippen molar-refractivity contribution < 1.29 is 19.8 Å². The molecule has 6 heteroatoms. The molecule has 2 amide bonds. The van der Waals surface area contributed by atoms with Gasteiger partial charge in [-0.1, -0.05) is 0 Å². The smallest absolute Gasteiger partial charge is 0.311 e.